The Morgan fingerprint density at radius 2 is 2.19 bits per heavy atom. The average Bonchev–Trinajstić information content (AvgIpc) is 3.10. The fourth-order valence-corrected chi connectivity index (χ4v) is 2.17. The molecule has 3 nitrogen and oxygen atoms in total. The van der Waals surface area contributed by atoms with Gasteiger partial charge in [0, 0.05) is 17.8 Å². The molecular formula is C13H10N2O. The molecule has 0 atom stereocenters. The third-order valence-corrected chi connectivity index (χ3v) is 3.17. The number of carbonyl (C=O) groups excluding carboxylic acids is 1. The van der Waals surface area contributed by atoms with E-state index in [0.29, 0.717) is 0 Å². The first kappa shape index (κ1) is 9.25. The van der Waals surface area contributed by atoms with Crippen molar-refractivity contribution in [3.8, 4) is 0 Å². The summed E-state index contributed by atoms with van der Waals surface area (Å²) in [5.41, 5.74) is 0.783. The van der Waals surface area contributed by atoms with E-state index in [2.05, 4.69) is 9.98 Å². The van der Waals surface area contributed by atoms with E-state index >= 15 is 0 Å². The quantitative estimate of drug-likeness (QED) is 0.564. The fraction of sp³-hybridized carbons (Fsp3) is 0.231. The topological polar surface area (TPSA) is 42.3 Å². The Hall–Kier alpha value is -1.99. The van der Waals surface area contributed by atoms with Crippen LogP contribution >= 0.6 is 0 Å². The van der Waals surface area contributed by atoms with Crippen molar-refractivity contribution < 1.29 is 4.79 Å². The molecule has 1 aliphatic carbocycles. The van der Waals surface area contributed by atoms with Gasteiger partial charge >= 0.3 is 0 Å². The monoisotopic (exact) mass is 210 g/mol. The van der Waals surface area contributed by atoms with Gasteiger partial charge in [0.25, 0.3) is 0 Å². The van der Waals surface area contributed by atoms with Gasteiger partial charge in [0.15, 0.2) is 0 Å². The van der Waals surface area contributed by atoms with Gasteiger partial charge in [-0.2, -0.15) is 4.99 Å². The van der Waals surface area contributed by atoms with Crippen LogP contribution in [0.15, 0.2) is 41.7 Å². The standard InChI is InChI=1S/C13H10N2O/c16-9-15-13(5-6-13)12-3-1-2-10-4-7-14-8-11(10)12/h1-4,7-8H,5-6H2. The van der Waals surface area contributed by atoms with Gasteiger partial charge in [-0.1, -0.05) is 18.2 Å². The minimum atomic E-state index is -0.315. The van der Waals surface area contributed by atoms with E-state index < -0.39 is 0 Å². The molecule has 0 amide bonds. The molecule has 2 aromatic rings. The zero-order chi connectivity index (χ0) is 11.0. The van der Waals surface area contributed by atoms with E-state index in [1.165, 1.54) is 0 Å². The lowest BCUT2D eigenvalue weighted by molar-refractivity contribution is 0.556. The Bertz CT molecular complexity index is 590. The minimum absolute atomic E-state index is 0.315. The molecule has 3 rings (SSSR count). The lowest BCUT2D eigenvalue weighted by atomic mass is 9.99. The summed E-state index contributed by atoms with van der Waals surface area (Å²) < 4.78 is 0. The Kier molecular flexibility index (Phi) is 1.88. The van der Waals surface area contributed by atoms with E-state index in [9.17, 15) is 4.79 Å². The third-order valence-electron chi connectivity index (χ3n) is 3.17. The summed E-state index contributed by atoms with van der Waals surface area (Å²) in [6.07, 6.45) is 7.15. The second-order valence-corrected chi connectivity index (χ2v) is 4.14. The highest BCUT2D eigenvalue weighted by Crippen LogP contribution is 2.51. The van der Waals surface area contributed by atoms with Crippen LogP contribution in [0.25, 0.3) is 10.8 Å². The van der Waals surface area contributed by atoms with Crippen molar-refractivity contribution in [3.05, 3.63) is 42.2 Å². The number of hydrogen-bond acceptors (Lipinski definition) is 3. The number of rotatable bonds is 2. The lowest BCUT2D eigenvalue weighted by Gasteiger charge is -2.11. The Morgan fingerprint density at radius 3 is 2.94 bits per heavy atom. The van der Waals surface area contributed by atoms with Crippen LogP contribution < -0.4 is 0 Å². The number of isocyanates is 1. The first-order valence-corrected chi connectivity index (χ1v) is 5.28. The molecule has 1 aromatic heterocycles. The van der Waals surface area contributed by atoms with Crippen molar-refractivity contribution in [2.75, 3.05) is 0 Å². The molecule has 16 heavy (non-hydrogen) atoms. The molecule has 0 radical (unpaired) electrons. The fourth-order valence-electron chi connectivity index (χ4n) is 2.17. The van der Waals surface area contributed by atoms with E-state index in [1.807, 2.05) is 30.5 Å². The molecule has 0 spiro atoms. The normalized spacial score (nSPS) is 16.8. The molecule has 1 aromatic carbocycles. The number of hydrogen-bond donors (Lipinski definition) is 0. The molecule has 0 saturated heterocycles. The largest absolute Gasteiger partial charge is 0.264 e. The SMILES string of the molecule is O=C=NC1(c2cccc3ccncc23)CC1. The average molecular weight is 210 g/mol. The van der Waals surface area contributed by atoms with Crippen LogP contribution in [0.2, 0.25) is 0 Å². The van der Waals surface area contributed by atoms with E-state index in [0.717, 1.165) is 29.2 Å². The van der Waals surface area contributed by atoms with Gasteiger partial charge in [0.2, 0.25) is 6.08 Å². The van der Waals surface area contributed by atoms with Crippen LogP contribution in [0.1, 0.15) is 18.4 Å². The van der Waals surface area contributed by atoms with Crippen molar-refractivity contribution in [2.45, 2.75) is 18.4 Å². The van der Waals surface area contributed by atoms with Gasteiger partial charge in [-0.25, -0.2) is 4.79 Å². The molecule has 0 N–H and O–H groups in total. The minimum Gasteiger partial charge on any atom is -0.264 e. The first-order chi connectivity index (χ1) is 7.86. The highest BCUT2D eigenvalue weighted by molar-refractivity contribution is 5.86. The highest BCUT2D eigenvalue weighted by Gasteiger charge is 2.45. The van der Waals surface area contributed by atoms with Crippen molar-refractivity contribution in [1.29, 1.82) is 0 Å². The molecule has 1 saturated carbocycles. The van der Waals surface area contributed by atoms with Crippen LogP contribution in [0.5, 0.6) is 0 Å². The van der Waals surface area contributed by atoms with E-state index in [4.69, 9.17) is 0 Å². The Labute approximate surface area is 92.8 Å². The molecular weight excluding hydrogens is 200 g/mol. The van der Waals surface area contributed by atoms with Crippen LogP contribution in [-0.2, 0) is 10.3 Å². The number of pyridine rings is 1. The molecule has 1 heterocycles. The van der Waals surface area contributed by atoms with Crippen LogP contribution in [-0.4, -0.2) is 11.1 Å². The van der Waals surface area contributed by atoms with Gasteiger partial charge in [-0.3, -0.25) is 4.98 Å². The second kappa shape index (κ2) is 3.26. The maximum Gasteiger partial charge on any atom is 0.235 e. The summed E-state index contributed by atoms with van der Waals surface area (Å²) in [6.45, 7) is 0. The predicted molar refractivity (Wildman–Crippen MR) is 60.8 cm³/mol. The maximum atomic E-state index is 10.5. The number of aliphatic imine (C=N–C) groups is 1. The van der Waals surface area contributed by atoms with Gasteiger partial charge in [0.1, 0.15) is 0 Å². The maximum absolute atomic E-state index is 10.5. The van der Waals surface area contributed by atoms with Crippen LogP contribution in [0.4, 0.5) is 0 Å². The first-order valence-electron chi connectivity index (χ1n) is 5.28. The van der Waals surface area contributed by atoms with E-state index in [1.54, 1.807) is 12.3 Å². The smallest absolute Gasteiger partial charge is 0.235 e. The van der Waals surface area contributed by atoms with Crippen LogP contribution in [0.3, 0.4) is 0 Å². The molecule has 1 aliphatic rings. The zero-order valence-corrected chi connectivity index (χ0v) is 8.68. The number of nitrogens with zero attached hydrogens (tertiary/aromatic N) is 2. The van der Waals surface area contributed by atoms with Crippen molar-refractivity contribution >= 4 is 16.9 Å². The van der Waals surface area contributed by atoms with Crippen LogP contribution in [0, 0.1) is 0 Å². The Balaban J connectivity index is 2.28. The van der Waals surface area contributed by atoms with Crippen molar-refractivity contribution in [1.82, 2.24) is 4.98 Å². The predicted octanol–water partition coefficient (Wildman–Crippen LogP) is 2.56. The molecule has 3 heteroatoms. The van der Waals surface area contributed by atoms with Crippen molar-refractivity contribution in [2.24, 2.45) is 4.99 Å². The zero-order valence-electron chi connectivity index (χ0n) is 8.68. The van der Waals surface area contributed by atoms with Crippen molar-refractivity contribution in [3.63, 3.8) is 0 Å². The summed E-state index contributed by atoms with van der Waals surface area (Å²) in [5, 5.41) is 2.22. The Morgan fingerprint density at radius 1 is 1.31 bits per heavy atom. The third kappa shape index (κ3) is 1.26. The second-order valence-electron chi connectivity index (χ2n) is 4.14. The lowest BCUT2D eigenvalue weighted by Crippen LogP contribution is -2.03. The number of aromatic nitrogens is 1. The molecule has 0 unspecified atom stereocenters. The summed E-state index contributed by atoms with van der Waals surface area (Å²) in [6, 6.07) is 8.04. The molecule has 1 fully saturated rings. The molecule has 0 bridgehead atoms. The summed E-state index contributed by atoms with van der Waals surface area (Å²) in [5.74, 6) is 0. The summed E-state index contributed by atoms with van der Waals surface area (Å²) >= 11 is 0. The summed E-state index contributed by atoms with van der Waals surface area (Å²) in [4.78, 5) is 18.6. The number of fused-ring (bicyclic) bond motifs is 1. The van der Waals surface area contributed by atoms with Gasteiger partial charge in [-0.15, -0.1) is 0 Å². The van der Waals surface area contributed by atoms with Gasteiger partial charge in [-0.05, 0) is 29.9 Å². The number of benzene rings is 1. The van der Waals surface area contributed by atoms with Gasteiger partial charge in [0.05, 0.1) is 5.54 Å². The molecule has 78 valence electrons. The van der Waals surface area contributed by atoms with Gasteiger partial charge < -0.3 is 0 Å². The summed E-state index contributed by atoms with van der Waals surface area (Å²) in [7, 11) is 0. The van der Waals surface area contributed by atoms with E-state index in [-0.39, 0.29) is 5.54 Å². The molecule has 0 aliphatic heterocycles. The highest BCUT2D eigenvalue weighted by atomic mass is 16.1.